The number of hydrogen-bond donors (Lipinski definition) is 0. The number of hydrogen-bond acceptors (Lipinski definition) is 0. The molecule has 0 spiro atoms. The first-order valence-corrected chi connectivity index (χ1v) is 11.6. The van der Waals surface area contributed by atoms with Gasteiger partial charge in [0.25, 0.3) is 0 Å². The van der Waals surface area contributed by atoms with Gasteiger partial charge in [-0.2, -0.15) is 0 Å². The van der Waals surface area contributed by atoms with E-state index in [0.717, 1.165) is 0 Å². The van der Waals surface area contributed by atoms with Gasteiger partial charge in [0.2, 0.25) is 0 Å². The summed E-state index contributed by atoms with van der Waals surface area (Å²) in [6, 6.07) is 55.0. The first-order valence-electron chi connectivity index (χ1n) is 11.6. The standard InChI is InChI=1S/2C17H13.2FH.Zr/c2*1-3-8-14(9-4-1)16-12-7-13-17(16)15-10-5-2-6-11-15;;;/h2*1-13H;2*1H;/q2*-1;;;+4/p-2. The Morgan fingerprint density at radius 1 is 0.324 bits per heavy atom. The molecule has 0 N–H and O–H groups in total. The molecule has 3 heteroatoms. The van der Waals surface area contributed by atoms with Gasteiger partial charge in [0, 0.05) is 0 Å². The van der Waals surface area contributed by atoms with Crippen molar-refractivity contribution < 1.29 is 35.6 Å². The molecule has 0 heterocycles. The molecule has 0 saturated carbocycles. The summed E-state index contributed by atoms with van der Waals surface area (Å²) in [4.78, 5) is 0. The third kappa shape index (κ3) is 7.18. The van der Waals surface area contributed by atoms with Crippen molar-refractivity contribution in [3.8, 4) is 44.5 Å². The minimum absolute atomic E-state index is 0. The van der Waals surface area contributed by atoms with Crippen molar-refractivity contribution in [3.63, 3.8) is 0 Å². The van der Waals surface area contributed by atoms with E-state index in [1.54, 1.807) is 0 Å². The predicted octanol–water partition coefficient (Wildman–Crippen LogP) is 3.48. The largest absolute Gasteiger partial charge is 4.00 e. The van der Waals surface area contributed by atoms with Gasteiger partial charge in [-0.15, -0.1) is 71.8 Å². The summed E-state index contributed by atoms with van der Waals surface area (Å²) in [5.41, 5.74) is 10.3. The van der Waals surface area contributed by atoms with E-state index in [9.17, 15) is 0 Å². The summed E-state index contributed by atoms with van der Waals surface area (Å²) < 4.78 is 0. The fraction of sp³-hybridized carbons (Fsp3) is 0. The minimum Gasteiger partial charge on any atom is -1.00 e. The number of benzene rings is 4. The van der Waals surface area contributed by atoms with Crippen LogP contribution in [0.5, 0.6) is 0 Å². The van der Waals surface area contributed by atoms with Crippen LogP contribution in [-0.4, -0.2) is 0 Å². The first-order chi connectivity index (χ1) is 16.9. The van der Waals surface area contributed by atoms with Crippen LogP contribution < -0.4 is 9.41 Å². The van der Waals surface area contributed by atoms with Crippen LogP contribution in [-0.2, 0) is 26.2 Å². The van der Waals surface area contributed by atoms with E-state index in [1.165, 1.54) is 44.5 Å². The summed E-state index contributed by atoms with van der Waals surface area (Å²) in [5, 5.41) is 0. The molecule has 6 aromatic carbocycles. The molecule has 0 saturated heterocycles. The second kappa shape index (κ2) is 14.8. The zero-order valence-electron chi connectivity index (χ0n) is 20.3. The molecular weight excluding hydrogens is 538 g/mol. The van der Waals surface area contributed by atoms with Crippen LogP contribution in [0.3, 0.4) is 0 Å². The first kappa shape index (κ1) is 29.6. The second-order valence-electron chi connectivity index (χ2n) is 8.17. The summed E-state index contributed by atoms with van der Waals surface area (Å²) >= 11 is 0. The van der Waals surface area contributed by atoms with Crippen LogP contribution >= 0.6 is 0 Å². The molecule has 0 nitrogen and oxygen atoms in total. The van der Waals surface area contributed by atoms with E-state index in [2.05, 4.69) is 158 Å². The molecule has 0 aliphatic rings. The third-order valence-corrected chi connectivity index (χ3v) is 5.97. The third-order valence-electron chi connectivity index (χ3n) is 5.97. The molecule has 0 amide bonds. The average Bonchev–Trinajstić information content (AvgIpc) is 3.62. The Morgan fingerprint density at radius 3 is 0.946 bits per heavy atom. The van der Waals surface area contributed by atoms with Gasteiger partial charge in [-0.1, -0.05) is 130 Å². The van der Waals surface area contributed by atoms with E-state index in [0.29, 0.717) is 0 Å². The predicted molar refractivity (Wildman–Crippen MR) is 146 cm³/mol. The molecule has 0 atom stereocenters. The summed E-state index contributed by atoms with van der Waals surface area (Å²) in [5.74, 6) is 0. The van der Waals surface area contributed by atoms with Crippen molar-refractivity contribution in [3.05, 3.63) is 158 Å². The molecule has 0 unspecified atom stereocenters. The Bertz CT molecular complexity index is 1200. The SMILES string of the molecule is [F-].[F-].[Zr+4].c1ccc(-c2ccc[c-]2-c2ccccc2)cc1.c1ccc(-c2ccc[c-]2-c2ccccc2)cc1. The van der Waals surface area contributed by atoms with E-state index in [4.69, 9.17) is 0 Å². The molecule has 0 fully saturated rings. The molecule has 6 rings (SSSR count). The Kier molecular flexibility index (Phi) is 11.8. The summed E-state index contributed by atoms with van der Waals surface area (Å²) in [6.07, 6.45) is 0. The van der Waals surface area contributed by atoms with Crippen molar-refractivity contribution >= 4 is 0 Å². The van der Waals surface area contributed by atoms with Crippen molar-refractivity contribution in [1.82, 2.24) is 0 Å². The maximum atomic E-state index is 2.18. The fourth-order valence-corrected chi connectivity index (χ4v) is 4.32. The van der Waals surface area contributed by atoms with Gasteiger partial charge >= 0.3 is 26.2 Å². The molecule has 180 valence electrons. The molecule has 0 aliphatic carbocycles. The summed E-state index contributed by atoms with van der Waals surface area (Å²) in [6.45, 7) is 0. The number of rotatable bonds is 4. The van der Waals surface area contributed by atoms with Gasteiger partial charge in [-0.3, -0.25) is 0 Å². The Hall–Kier alpha value is -3.68. The maximum absolute atomic E-state index is 2.18. The van der Waals surface area contributed by atoms with Gasteiger partial charge < -0.3 is 9.41 Å². The van der Waals surface area contributed by atoms with Crippen LogP contribution in [0.25, 0.3) is 44.5 Å². The average molecular weight is 564 g/mol. The molecule has 6 aromatic rings. The Labute approximate surface area is 236 Å². The van der Waals surface area contributed by atoms with Crippen LogP contribution in [0.1, 0.15) is 0 Å². The van der Waals surface area contributed by atoms with Crippen LogP contribution in [0, 0.1) is 0 Å². The van der Waals surface area contributed by atoms with Gasteiger partial charge in [0.1, 0.15) is 0 Å². The van der Waals surface area contributed by atoms with E-state index < -0.39 is 0 Å². The van der Waals surface area contributed by atoms with Crippen LogP contribution in [0.4, 0.5) is 0 Å². The normalized spacial score (nSPS) is 9.51. The van der Waals surface area contributed by atoms with Crippen LogP contribution in [0.15, 0.2) is 158 Å². The van der Waals surface area contributed by atoms with E-state index in [1.807, 2.05) is 0 Å². The van der Waals surface area contributed by atoms with Gasteiger partial charge in [-0.25, -0.2) is 0 Å². The van der Waals surface area contributed by atoms with Gasteiger partial charge in [0.05, 0.1) is 0 Å². The molecule has 37 heavy (non-hydrogen) atoms. The zero-order valence-corrected chi connectivity index (χ0v) is 22.7. The Morgan fingerprint density at radius 2 is 0.622 bits per heavy atom. The van der Waals surface area contributed by atoms with Crippen molar-refractivity contribution in [2.75, 3.05) is 0 Å². The molecule has 0 aromatic heterocycles. The number of halogens is 2. The minimum atomic E-state index is 0. The van der Waals surface area contributed by atoms with Crippen molar-refractivity contribution in [1.29, 1.82) is 0 Å². The van der Waals surface area contributed by atoms with Crippen LogP contribution in [0.2, 0.25) is 0 Å². The fourth-order valence-electron chi connectivity index (χ4n) is 4.32. The second-order valence-corrected chi connectivity index (χ2v) is 8.17. The summed E-state index contributed by atoms with van der Waals surface area (Å²) in [7, 11) is 0. The topological polar surface area (TPSA) is 0 Å². The van der Waals surface area contributed by atoms with Crippen molar-refractivity contribution in [2.45, 2.75) is 0 Å². The van der Waals surface area contributed by atoms with Gasteiger partial charge in [0.15, 0.2) is 0 Å². The zero-order chi connectivity index (χ0) is 23.0. The maximum Gasteiger partial charge on any atom is 4.00 e. The van der Waals surface area contributed by atoms with E-state index >= 15 is 0 Å². The molecule has 0 aliphatic heterocycles. The molecule has 0 radical (unpaired) electrons. The van der Waals surface area contributed by atoms with Crippen molar-refractivity contribution in [2.24, 2.45) is 0 Å². The smallest absolute Gasteiger partial charge is 1.00 e. The molecule has 0 bridgehead atoms. The Balaban J connectivity index is 0.000000241. The van der Waals surface area contributed by atoms with Gasteiger partial charge in [-0.05, 0) is 0 Å². The monoisotopic (exact) mass is 562 g/mol. The molecular formula is C34H26F2Zr. The van der Waals surface area contributed by atoms with E-state index in [-0.39, 0.29) is 35.6 Å². The quantitative estimate of drug-likeness (QED) is 0.288.